The van der Waals surface area contributed by atoms with Gasteiger partial charge < -0.3 is 14.8 Å². The molecule has 0 saturated heterocycles. The van der Waals surface area contributed by atoms with Crippen LogP contribution in [0.15, 0.2) is 24.3 Å². The molecule has 0 saturated carbocycles. The zero-order valence-electron chi connectivity index (χ0n) is 11.7. The molecular weight excluding hydrogens is 258 g/mol. The first kappa shape index (κ1) is 14.4. The number of aromatic nitrogens is 4. The van der Waals surface area contributed by atoms with Crippen LogP contribution in [0.5, 0.6) is 5.75 Å². The summed E-state index contributed by atoms with van der Waals surface area (Å²) < 4.78 is 12.3. The number of hydrogen-bond donors (Lipinski definition) is 1. The summed E-state index contributed by atoms with van der Waals surface area (Å²) in [5.74, 6) is 1.49. The molecule has 0 atom stereocenters. The van der Waals surface area contributed by atoms with Crippen molar-refractivity contribution in [1.29, 1.82) is 0 Å². The van der Waals surface area contributed by atoms with Gasteiger partial charge in [0, 0.05) is 13.7 Å². The topological polar surface area (TPSA) is 74.1 Å². The van der Waals surface area contributed by atoms with Crippen molar-refractivity contribution < 1.29 is 9.47 Å². The number of tetrazole rings is 1. The smallest absolute Gasteiger partial charge is 0.170 e. The molecule has 0 aliphatic heterocycles. The SMILES string of the molecule is CCOc1ccccc1-n1nnnc1CNCCOC. The fraction of sp³-hybridized carbons (Fsp3) is 0.462. The molecule has 1 aromatic carbocycles. The highest BCUT2D eigenvalue weighted by Gasteiger charge is 2.12. The molecule has 2 rings (SSSR count). The second-order valence-corrected chi connectivity index (χ2v) is 4.08. The third-order valence-corrected chi connectivity index (χ3v) is 2.69. The molecule has 0 fully saturated rings. The highest BCUT2D eigenvalue weighted by atomic mass is 16.5. The summed E-state index contributed by atoms with van der Waals surface area (Å²) in [6.07, 6.45) is 0. The molecule has 0 radical (unpaired) electrons. The highest BCUT2D eigenvalue weighted by molar-refractivity contribution is 5.46. The van der Waals surface area contributed by atoms with Gasteiger partial charge in [0.15, 0.2) is 5.82 Å². The first-order valence-corrected chi connectivity index (χ1v) is 6.56. The molecule has 108 valence electrons. The van der Waals surface area contributed by atoms with Crippen LogP contribution in [0.25, 0.3) is 5.69 Å². The second-order valence-electron chi connectivity index (χ2n) is 4.08. The van der Waals surface area contributed by atoms with Crippen molar-refractivity contribution in [3.8, 4) is 11.4 Å². The third-order valence-electron chi connectivity index (χ3n) is 2.69. The van der Waals surface area contributed by atoms with Crippen LogP contribution in [0, 0.1) is 0 Å². The molecule has 1 N–H and O–H groups in total. The fourth-order valence-electron chi connectivity index (χ4n) is 1.79. The number of ether oxygens (including phenoxy) is 2. The summed E-state index contributed by atoms with van der Waals surface area (Å²) in [7, 11) is 1.67. The van der Waals surface area contributed by atoms with E-state index in [2.05, 4.69) is 20.8 Å². The Kier molecular flexibility index (Phi) is 5.45. The largest absolute Gasteiger partial charge is 0.492 e. The maximum atomic E-state index is 5.60. The van der Waals surface area contributed by atoms with Gasteiger partial charge in [0.05, 0.1) is 19.8 Å². The summed E-state index contributed by atoms with van der Waals surface area (Å²) in [6.45, 7) is 4.51. The predicted molar refractivity (Wildman–Crippen MR) is 73.9 cm³/mol. The minimum atomic E-state index is 0.566. The molecule has 7 heteroatoms. The Bertz CT molecular complexity index is 529. The van der Waals surface area contributed by atoms with Gasteiger partial charge in [-0.05, 0) is 29.5 Å². The van der Waals surface area contributed by atoms with Crippen LogP contribution in [-0.4, -0.2) is 47.1 Å². The summed E-state index contributed by atoms with van der Waals surface area (Å²) in [5, 5.41) is 15.0. The number of hydrogen-bond acceptors (Lipinski definition) is 6. The average molecular weight is 277 g/mol. The quantitative estimate of drug-likeness (QED) is 0.719. The monoisotopic (exact) mass is 277 g/mol. The number of methoxy groups -OCH3 is 1. The van der Waals surface area contributed by atoms with Gasteiger partial charge in [-0.15, -0.1) is 5.10 Å². The van der Waals surface area contributed by atoms with Crippen molar-refractivity contribution in [2.75, 3.05) is 26.9 Å². The van der Waals surface area contributed by atoms with Gasteiger partial charge in [-0.25, -0.2) is 0 Å². The minimum Gasteiger partial charge on any atom is -0.492 e. The Hall–Kier alpha value is -1.99. The Morgan fingerprint density at radius 1 is 1.30 bits per heavy atom. The Balaban J connectivity index is 2.15. The molecule has 0 amide bonds. The number of nitrogens with one attached hydrogen (secondary N) is 1. The predicted octanol–water partition coefficient (Wildman–Crippen LogP) is 0.797. The van der Waals surface area contributed by atoms with E-state index in [1.165, 1.54) is 0 Å². The molecule has 0 aliphatic rings. The molecular formula is C13H19N5O2. The Labute approximate surface area is 117 Å². The van der Waals surface area contributed by atoms with E-state index >= 15 is 0 Å². The van der Waals surface area contributed by atoms with E-state index in [0.29, 0.717) is 19.8 Å². The first-order valence-electron chi connectivity index (χ1n) is 6.56. The van der Waals surface area contributed by atoms with Crippen LogP contribution in [-0.2, 0) is 11.3 Å². The van der Waals surface area contributed by atoms with Crippen molar-refractivity contribution in [3.05, 3.63) is 30.1 Å². The molecule has 1 aromatic heterocycles. The molecule has 2 aromatic rings. The maximum absolute atomic E-state index is 5.60. The van der Waals surface area contributed by atoms with E-state index in [0.717, 1.165) is 23.8 Å². The zero-order chi connectivity index (χ0) is 14.2. The van der Waals surface area contributed by atoms with Crippen LogP contribution < -0.4 is 10.1 Å². The summed E-state index contributed by atoms with van der Waals surface area (Å²) in [6, 6.07) is 7.69. The lowest BCUT2D eigenvalue weighted by Crippen LogP contribution is -2.21. The van der Waals surface area contributed by atoms with Gasteiger partial charge in [0.1, 0.15) is 11.4 Å². The van der Waals surface area contributed by atoms with E-state index in [-0.39, 0.29) is 0 Å². The molecule has 0 aliphatic carbocycles. The first-order chi connectivity index (χ1) is 9.86. The summed E-state index contributed by atoms with van der Waals surface area (Å²) in [4.78, 5) is 0. The minimum absolute atomic E-state index is 0.566. The zero-order valence-corrected chi connectivity index (χ0v) is 11.7. The Morgan fingerprint density at radius 3 is 2.95 bits per heavy atom. The lowest BCUT2D eigenvalue weighted by Gasteiger charge is -2.11. The third kappa shape index (κ3) is 3.52. The second kappa shape index (κ2) is 7.56. The number of benzene rings is 1. The van der Waals surface area contributed by atoms with Crippen molar-refractivity contribution in [1.82, 2.24) is 25.5 Å². The fourth-order valence-corrected chi connectivity index (χ4v) is 1.79. The van der Waals surface area contributed by atoms with Crippen LogP contribution >= 0.6 is 0 Å². The summed E-state index contributed by atoms with van der Waals surface area (Å²) in [5.41, 5.74) is 0.836. The molecule has 0 bridgehead atoms. The molecule has 1 heterocycles. The van der Waals surface area contributed by atoms with E-state index in [4.69, 9.17) is 9.47 Å². The van der Waals surface area contributed by atoms with E-state index in [9.17, 15) is 0 Å². The average Bonchev–Trinajstić information content (AvgIpc) is 2.93. The van der Waals surface area contributed by atoms with Gasteiger partial charge in [0.25, 0.3) is 0 Å². The van der Waals surface area contributed by atoms with E-state index < -0.39 is 0 Å². The van der Waals surface area contributed by atoms with Crippen LogP contribution in [0.3, 0.4) is 0 Å². The maximum Gasteiger partial charge on any atom is 0.170 e. The van der Waals surface area contributed by atoms with Crippen LogP contribution in [0.2, 0.25) is 0 Å². The van der Waals surface area contributed by atoms with Gasteiger partial charge >= 0.3 is 0 Å². The van der Waals surface area contributed by atoms with Crippen molar-refractivity contribution in [2.45, 2.75) is 13.5 Å². The van der Waals surface area contributed by atoms with Crippen LogP contribution in [0.4, 0.5) is 0 Å². The number of para-hydroxylation sites is 2. The van der Waals surface area contributed by atoms with E-state index in [1.807, 2.05) is 31.2 Å². The molecule has 0 unspecified atom stereocenters. The van der Waals surface area contributed by atoms with E-state index in [1.54, 1.807) is 11.8 Å². The molecule has 7 nitrogen and oxygen atoms in total. The van der Waals surface area contributed by atoms with Gasteiger partial charge in [-0.2, -0.15) is 4.68 Å². The van der Waals surface area contributed by atoms with Gasteiger partial charge in [-0.3, -0.25) is 0 Å². The van der Waals surface area contributed by atoms with Crippen molar-refractivity contribution in [2.24, 2.45) is 0 Å². The number of rotatable bonds is 8. The highest BCUT2D eigenvalue weighted by Crippen LogP contribution is 2.22. The summed E-state index contributed by atoms with van der Waals surface area (Å²) >= 11 is 0. The van der Waals surface area contributed by atoms with Crippen molar-refractivity contribution in [3.63, 3.8) is 0 Å². The van der Waals surface area contributed by atoms with Crippen LogP contribution in [0.1, 0.15) is 12.7 Å². The molecule has 0 spiro atoms. The number of nitrogens with zero attached hydrogens (tertiary/aromatic N) is 4. The Morgan fingerprint density at radius 2 is 2.15 bits per heavy atom. The lowest BCUT2D eigenvalue weighted by atomic mass is 10.3. The van der Waals surface area contributed by atoms with Gasteiger partial charge in [0.2, 0.25) is 0 Å². The lowest BCUT2D eigenvalue weighted by molar-refractivity contribution is 0.199. The standard InChI is InChI=1S/C13H19N5O2/c1-3-20-12-7-5-4-6-11(12)18-13(15-16-17-18)10-14-8-9-19-2/h4-7,14H,3,8-10H2,1-2H3. The van der Waals surface area contributed by atoms with Gasteiger partial charge in [-0.1, -0.05) is 12.1 Å². The molecule has 20 heavy (non-hydrogen) atoms. The van der Waals surface area contributed by atoms with Crippen molar-refractivity contribution >= 4 is 0 Å². The normalized spacial score (nSPS) is 10.7.